The van der Waals surface area contributed by atoms with Gasteiger partial charge in [-0.1, -0.05) is 11.6 Å². The minimum atomic E-state index is -0.271. The van der Waals surface area contributed by atoms with Crippen LogP contribution >= 0.6 is 11.6 Å². The highest BCUT2D eigenvalue weighted by Gasteiger charge is 2.39. The van der Waals surface area contributed by atoms with Gasteiger partial charge in [-0.15, -0.1) is 0 Å². The van der Waals surface area contributed by atoms with Crippen molar-refractivity contribution in [3.63, 3.8) is 0 Å². The summed E-state index contributed by atoms with van der Waals surface area (Å²) in [5, 5.41) is 3.22. The first kappa shape index (κ1) is 17.5. The zero-order valence-electron chi connectivity index (χ0n) is 14.4. The van der Waals surface area contributed by atoms with Gasteiger partial charge in [-0.05, 0) is 18.9 Å². The van der Waals surface area contributed by atoms with Crippen LogP contribution in [0.5, 0.6) is 5.88 Å². The number of halogens is 1. The molecular formula is C18H22ClN3O4. The molecule has 7 nitrogen and oxygen atoms in total. The Morgan fingerprint density at radius 2 is 2.08 bits per heavy atom. The van der Waals surface area contributed by atoms with Crippen LogP contribution in [0.1, 0.15) is 42.5 Å². The largest absolute Gasteiger partial charge is 0.473 e. The molecule has 0 bridgehead atoms. The molecule has 2 aliphatic heterocycles. The Kier molecular flexibility index (Phi) is 5.00. The van der Waals surface area contributed by atoms with Gasteiger partial charge in [0, 0.05) is 38.0 Å². The van der Waals surface area contributed by atoms with E-state index in [1.165, 1.54) is 6.20 Å². The van der Waals surface area contributed by atoms with Gasteiger partial charge in [0.2, 0.25) is 11.8 Å². The number of hydrogen-bond acceptors (Lipinski definition) is 5. The fourth-order valence-electron chi connectivity index (χ4n) is 3.42. The van der Waals surface area contributed by atoms with E-state index in [1.54, 1.807) is 6.07 Å². The summed E-state index contributed by atoms with van der Waals surface area (Å²) in [6.45, 7) is 1.92. The van der Waals surface area contributed by atoms with Crippen LogP contribution in [-0.2, 0) is 9.53 Å². The quantitative estimate of drug-likeness (QED) is 0.843. The average Bonchev–Trinajstić information content (AvgIpc) is 3.41. The van der Waals surface area contributed by atoms with Crippen molar-refractivity contribution in [1.29, 1.82) is 0 Å². The molecule has 1 aromatic rings. The number of amides is 2. The molecule has 4 rings (SSSR count). The smallest absolute Gasteiger partial charge is 0.253 e. The molecule has 2 amide bonds. The fraction of sp³-hybridized carbons (Fsp3) is 0.611. The van der Waals surface area contributed by atoms with Gasteiger partial charge in [-0.2, -0.15) is 0 Å². The number of carbonyl (C=O) groups excluding carboxylic acids is 2. The zero-order chi connectivity index (χ0) is 18.1. The van der Waals surface area contributed by atoms with Crippen molar-refractivity contribution in [2.75, 3.05) is 19.8 Å². The molecule has 0 spiro atoms. The second-order valence-corrected chi connectivity index (χ2v) is 7.50. The molecule has 0 aromatic carbocycles. The summed E-state index contributed by atoms with van der Waals surface area (Å²) in [6.07, 6.45) is 5.59. The lowest BCUT2D eigenvalue weighted by Gasteiger charge is -2.23. The first-order valence-electron chi connectivity index (χ1n) is 9.10. The molecule has 3 heterocycles. The zero-order valence-corrected chi connectivity index (χ0v) is 15.2. The summed E-state index contributed by atoms with van der Waals surface area (Å²) >= 11 is 6.24. The van der Waals surface area contributed by atoms with Crippen molar-refractivity contribution in [3.05, 3.63) is 22.8 Å². The number of ether oxygens (including phenoxy) is 2. The van der Waals surface area contributed by atoms with E-state index < -0.39 is 0 Å². The van der Waals surface area contributed by atoms with Gasteiger partial charge in [0.05, 0.1) is 24.8 Å². The van der Waals surface area contributed by atoms with Crippen LogP contribution in [0.3, 0.4) is 0 Å². The van der Waals surface area contributed by atoms with Crippen molar-refractivity contribution in [3.8, 4) is 5.88 Å². The maximum atomic E-state index is 12.5. The molecule has 140 valence electrons. The summed E-state index contributed by atoms with van der Waals surface area (Å²) in [5.41, 5.74) is 0.367. The van der Waals surface area contributed by atoms with E-state index in [0.717, 1.165) is 25.7 Å². The summed E-state index contributed by atoms with van der Waals surface area (Å²) in [6, 6.07) is 1.78. The predicted molar refractivity (Wildman–Crippen MR) is 94.3 cm³/mol. The Labute approximate surface area is 157 Å². The van der Waals surface area contributed by atoms with Crippen LogP contribution in [-0.4, -0.2) is 59.6 Å². The summed E-state index contributed by atoms with van der Waals surface area (Å²) in [4.78, 5) is 30.5. The number of carbonyl (C=O) groups is 2. The molecule has 1 saturated carbocycles. The molecule has 3 aliphatic rings. The number of rotatable bonds is 5. The first-order chi connectivity index (χ1) is 12.6. The van der Waals surface area contributed by atoms with Crippen molar-refractivity contribution in [2.24, 2.45) is 0 Å². The Hall–Kier alpha value is -1.86. The molecule has 26 heavy (non-hydrogen) atoms. The highest BCUT2D eigenvalue weighted by atomic mass is 35.5. The van der Waals surface area contributed by atoms with Gasteiger partial charge in [-0.25, -0.2) is 4.98 Å². The number of pyridine rings is 1. The molecule has 0 radical (unpaired) electrons. The second-order valence-electron chi connectivity index (χ2n) is 7.09. The van der Waals surface area contributed by atoms with Gasteiger partial charge in [-0.3, -0.25) is 9.59 Å². The Morgan fingerprint density at radius 1 is 1.31 bits per heavy atom. The van der Waals surface area contributed by atoms with Crippen LogP contribution in [0.2, 0.25) is 5.02 Å². The van der Waals surface area contributed by atoms with Gasteiger partial charge in [0.1, 0.15) is 11.1 Å². The summed E-state index contributed by atoms with van der Waals surface area (Å²) < 4.78 is 11.1. The Morgan fingerprint density at radius 3 is 2.77 bits per heavy atom. The predicted octanol–water partition coefficient (Wildman–Crippen LogP) is 1.79. The van der Waals surface area contributed by atoms with E-state index in [0.29, 0.717) is 48.7 Å². The third kappa shape index (κ3) is 3.94. The van der Waals surface area contributed by atoms with E-state index in [-0.39, 0.29) is 24.0 Å². The highest BCUT2D eigenvalue weighted by Crippen LogP contribution is 2.31. The fourth-order valence-corrected chi connectivity index (χ4v) is 3.63. The van der Waals surface area contributed by atoms with Crippen molar-refractivity contribution in [2.45, 2.75) is 50.3 Å². The normalized spacial score (nSPS) is 24.0. The van der Waals surface area contributed by atoms with E-state index in [1.807, 2.05) is 4.90 Å². The van der Waals surface area contributed by atoms with Gasteiger partial charge in [0.25, 0.3) is 5.91 Å². The number of nitrogens with one attached hydrogen (secondary N) is 1. The number of nitrogens with zero attached hydrogens (tertiary/aromatic N) is 2. The minimum Gasteiger partial charge on any atom is -0.473 e. The van der Waals surface area contributed by atoms with E-state index >= 15 is 0 Å². The molecule has 1 aliphatic carbocycles. The Balaban J connectivity index is 1.35. The summed E-state index contributed by atoms with van der Waals surface area (Å²) in [5.74, 6) is 0.188. The van der Waals surface area contributed by atoms with Crippen LogP contribution < -0.4 is 10.1 Å². The van der Waals surface area contributed by atoms with Gasteiger partial charge >= 0.3 is 0 Å². The van der Waals surface area contributed by atoms with Crippen LogP contribution in [0, 0.1) is 0 Å². The number of aromatic nitrogens is 1. The maximum absolute atomic E-state index is 12.5. The van der Waals surface area contributed by atoms with E-state index in [4.69, 9.17) is 21.1 Å². The lowest BCUT2D eigenvalue weighted by molar-refractivity contribution is -0.128. The molecule has 1 atom stereocenters. The van der Waals surface area contributed by atoms with Crippen molar-refractivity contribution in [1.82, 2.24) is 15.2 Å². The first-order valence-corrected chi connectivity index (χ1v) is 9.48. The number of likely N-dealkylation sites (tertiary alicyclic amines) is 1. The molecule has 1 aromatic heterocycles. The SMILES string of the molecule is O=C(NC1CC(=O)N(C2CC2)C1)c1cnc(OC2CCOCC2)c(Cl)c1. The monoisotopic (exact) mass is 379 g/mol. The van der Waals surface area contributed by atoms with Crippen LogP contribution in [0.25, 0.3) is 0 Å². The third-order valence-electron chi connectivity index (χ3n) is 5.00. The lowest BCUT2D eigenvalue weighted by Crippen LogP contribution is -2.37. The highest BCUT2D eigenvalue weighted by molar-refractivity contribution is 6.32. The third-order valence-corrected chi connectivity index (χ3v) is 5.27. The van der Waals surface area contributed by atoms with Crippen LogP contribution in [0.15, 0.2) is 12.3 Å². The minimum absolute atomic E-state index is 0.0336. The molecule has 2 saturated heterocycles. The second kappa shape index (κ2) is 7.40. The number of hydrogen-bond donors (Lipinski definition) is 1. The average molecular weight is 380 g/mol. The van der Waals surface area contributed by atoms with Crippen LogP contribution in [0.4, 0.5) is 0 Å². The molecule has 1 N–H and O–H groups in total. The van der Waals surface area contributed by atoms with Crippen molar-refractivity contribution < 1.29 is 19.1 Å². The maximum Gasteiger partial charge on any atom is 0.253 e. The van der Waals surface area contributed by atoms with Crippen molar-refractivity contribution >= 4 is 23.4 Å². The molecule has 8 heteroatoms. The van der Waals surface area contributed by atoms with E-state index in [2.05, 4.69) is 10.3 Å². The van der Waals surface area contributed by atoms with E-state index in [9.17, 15) is 9.59 Å². The lowest BCUT2D eigenvalue weighted by atomic mass is 10.1. The van der Waals surface area contributed by atoms with Gasteiger partial charge < -0.3 is 19.7 Å². The van der Waals surface area contributed by atoms with Gasteiger partial charge in [0.15, 0.2) is 0 Å². The standard InChI is InChI=1S/C18H22ClN3O4/c19-15-7-11(9-20-18(15)26-14-3-5-25-6-4-14)17(24)21-12-8-16(23)22(10-12)13-1-2-13/h7,9,12-14H,1-6,8,10H2,(H,21,24). The Bertz CT molecular complexity index is 704. The molecular weight excluding hydrogens is 358 g/mol. The molecule has 3 fully saturated rings. The topological polar surface area (TPSA) is 80.8 Å². The molecule has 1 unspecified atom stereocenters. The summed E-state index contributed by atoms with van der Waals surface area (Å²) in [7, 11) is 0.